The lowest BCUT2D eigenvalue weighted by Gasteiger charge is -2.19. The van der Waals surface area contributed by atoms with Crippen LogP contribution in [-0.4, -0.2) is 23.3 Å². The molecule has 2 rings (SSSR count). The summed E-state index contributed by atoms with van der Waals surface area (Å²) < 4.78 is 0. The highest BCUT2D eigenvalue weighted by atomic mass is 16.3. The average Bonchev–Trinajstić information content (AvgIpc) is 2.46. The molecule has 2 atom stereocenters. The van der Waals surface area contributed by atoms with E-state index in [0.717, 1.165) is 6.42 Å². The van der Waals surface area contributed by atoms with E-state index in [2.05, 4.69) is 17.5 Å². The molecule has 2 heteroatoms. The summed E-state index contributed by atoms with van der Waals surface area (Å²) in [5.41, 5.74) is -0.0231. The number of aliphatic hydroxyl groups is 1. The maximum absolute atomic E-state index is 8.93. The topological polar surface area (TPSA) is 32.3 Å². The molecule has 0 aliphatic carbocycles. The van der Waals surface area contributed by atoms with Crippen LogP contribution < -0.4 is 5.32 Å². The zero-order chi connectivity index (χ0) is 6.32. The van der Waals surface area contributed by atoms with E-state index in [4.69, 9.17) is 5.11 Å². The fourth-order valence-corrected chi connectivity index (χ4v) is 1.68. The second kappa shape index (κ2) is 1.58. The molecule has 2 aliphatic heterocycles. The first-order chi connectivity index (χ1) is 4.35. The number of nitrogens with one attached hydrogen (secondary N) is 1. The van der Waals surface area contributed by atoms with Crippen LogP contribution in [0, 0.1) is 0 Å². The van der Waals surface area contributed by atoms with Crippen LogP contribution in [0.4, 0.5) is 0 Å². The van der Waals surface area contributed by atoms with E-state index in [1.54, 1.807) is 0 Å². The van der Waals surface area contributed by atoms with E-state index >= 15 is 0 Å². The Labute approximate surface area is 54.6 Å². The van der Waals surface area contributed by atoms with Gasteiger partial charge in [0.2, 0.25) is 0 Å². The van der Waals surface area contributed by atoms with Gasteiger partial charge in [0.15, 0.2) is 0 Å². The second-order valence-electron chi connectivity index (χ2n) is 2.96. The summed E-state index contributed by atoms with van der Waals surface area (Å²) in [7, 11) is 0. The molecular formula is C7H11NO. The summed E-state index contributed by atoms with van der Waals surface area (Å²) in [6.45, 7) is 0.250. The standard InChI is InChI=1S/C7H11NO/c9-5-7-3-1-6(8-7)2-4-7/h1,3,6,8-9H,2,4-5H2. The Kier molecular flexibility index (Phi) is 0.957. The van der Waals surface area contributed by atoms with Crippen molar-refractivity contribution in [1.29, 1.82) is 0 Å². The monoisotopic (exact) mass is 125 g/mol. The van der Waals surface area contributed by atoms with E-state index in [1.807, 2.05) is 0 Å². The van der Waals surface area contributed by atoms with Crippen molar-refractivity contribution >= 4 is 0 Å². The van der Waals surface area contributed by atoms with E-state index in [-0.39, 0.29) is 12.1 Å². The predicted octanol–water partition coefficient (Wildman–Crippen LogP) is 0.0393. The number of hydrogen-bond acceptors (Lipinski definition) is 2. The van der Waals surface area contributed by atoms with Crippen molar-refractivity contribution in [3.63, 3.8) is 0 Å². The molecule has 2 N–H and O–H groups in total. The van der Waals surface area contributed by atoms with Gasteiger partial charge < -0.3 is 5.11 Å². The highest BCUT2D eigenvalue weighted by molar-refractivity contribution is 5.23. The molecule has 2 heterocycles. The van der Waals surface area contributed by atoms with E-state index in [1.165, 1.54) is 6.42 Å². The second-order valence-corrected chi connectivity index (χ2v) is 2.96. The molecule has 1 fully saturated rings. The summed E-state index contributed by atoms with van der Waals surface area (Å²) >= 11 is 0. The van der Waals surface area contributed by atoms with Crippen LogP contribution in [0.15, 0.2) is 12.2 Å². The first-order valence-electron chi connectivity index (χ1n) is 3.43. The van der Waals surface area contributed by atoms with Crippen molar-refractivity contribution in [1.82, 2.24) is 5.32 Å². The lowest BCUT2D eigenvalue weighted by Crippen LogP contribution is -2.39. The maximum atomic E-state index is 8.93. The van der Waals surface area contributed by atoms with Crippen molar-refractivity contribution in [2.24, 2.45) is 0 Å². The lowest BCUT2D eigenvalue weighted by molar-refractivity contribution is 0.214. The van der Waals surface area contributed by atoms with Crippen LogP contribution in [0.3, 0.4) is 0 Å². The van der Waals surface area contributed by atoms with E-state index in [9.17, 15) is 0 Å². The summed E-state index contributed by atoms with van der Waals surface area (Å²) in [4.78, 5) is 0. The number of fused-ring (bicyclic) bond motifs is 2. The third-order valence-electron chi connectivity index (χ3n) is 2.30. The first-order valence-corrected chi connectivity index (χ1v) is 3.43. The Balaban J connectivity index is 2.23. The molecular weight excluding hydrogens is 114 g/mol. The Morgan fingerprint density at radius 2 is 2.67 bits per heavy atom. The minimum Gasteiger partial charge on any atom is -0.394 e. The van der Waals surface area contributed by atoms with Crippen molar-refractivity contribution in [2.45, 2.75) is 24.4 Å². The largest absolute Gasteiger partial charge is 0.394 e. The van der Waals surface area contributed by atoms with Gasteiger partial charge in [-0.3, -0.25) is 5.32 Å². The number of hydrogen-bond donors (Lipinski definition) is 2. The molecule has 2 nitrogen and oxygen atoms in total. The molecule has 0 radical (unpaired) electrons. The molecule has 0 amide bonds. The molecule has 0 spiro atoms. The number of aliphatic hydroxyl groups excluding tert-OH is 1. The van der Waals surface area contributed by atoms with E-state index in [0.29, 0.717) is 6.04 Å². The molecule has 0 saturated carbocycles. The highest BCUT2D eigenvalue weighted by Gasteiger charge is 2.38. The molecule has 1 saturated heterocycles. The van der Waals surface area contributed by atoms with Crippen LogP contribution in [0.5, 0.6) is 0 Å². The minimum absolute atomic E-state index is 0.0231. The van der Waals surface area contributed by atoms with Gasteiger partial charge in [0.1, 0.15) is 0 Å². The quantitative estimate of drug-likeness (QED) is 0.485. The van der Waals surface area contributed by atoms with Crippen LogP contribution in [0.2, 0.25) is 0 Å². The SMILES string of the molecule is OCC12C=CC(CC1)N2. The summed E-state index contributed by atoms with van der Waals surface area (Å²) in [5.74, 6) is 0. The van der Waals surface area contributed by atoms with Crippen LogP contribution >= 0.6 is 0 Å². The van der Waals surface area contributed by atoms with Gasteiger partial charge in [-0.05, 0) is 12.8 Å². The van der Waals surface area contributed by atoms with Gasteiger partial charge in [0.05, 0.1) is 12.1 Å². The average molecular weight is 125 g/mol. The molecule has 2 bridgehead atoms. The molecule has 0 aromatic rings. The van der Waals surface area contributed by atoms with Crippen LogP contribution in [-0.2, 0) is 0 Å². The van der Waals surface area contributed by atoms with Gasteiger partial charge in [-0.15, -0.1) is 0 Å². The van der Waals surface area contributed by atoms with Gasteiger partial charge in [-0.1, -0.05) is 12.2 Å². The Morgan fingerprint density at radius 1 is 1.78 bits per heavy atom. The van der Waals surface area contributed by atoms with Gasteiger partial charge in [-0.2, -0.15) is 0 Å². The normalized spacial score (nSPS) is 46.6. The van der Waals surface area contributed by atoms with Crippen LogP contribution in [0.1, 0.15) is 12.8 Å². The van der Waals surface area contributed by atoms with Crippen molar-refractivity contribution < 1.29 is 5.11 Å². The summed E-state index contributed by atoms with van der Waals surface area (Å²) in [6, 6.07) is 0.553. The molecule has 50 valence electrons. The van der Waals surface area contributed by atoms with E-state index < -0.39 is 0 Å². The van der Waals surface area contributed by atoms with Gasteiger partial charge in [0.25, 0.3) is 0 Å². The van der Waals surface area contributed by atoms with Crippen LogP contribution in [0.25, 0.3) is 0 Å². The molecule has 2 aliphatic rings. The van der Waals surface area contributed by atoms with Crippen molar-refractivity contribution in [3.8, 4) is 0 Å². The van der Waals surface area contributed by atoms with Gasteiger partial charge in [0, 0.05) is 6.04 Å². The summed E-state index contributed by atoms with van der Waals surface area (Å²) in [6.07, 6.45) is 6.54. The lowest BCUT2D eigenvalue weighted by atomic mass is 9.95. The molecule has 2 unspecified atom stereocenters. The fourth-order valence-electron chi connectivity index (χ4n) is 1.68. The fraction of sp³-hybridized carbons (Fsp3) is 0.714. The Hall–Kier alpha value is -0.340. The summed E-state index contributed by atoms with van der Waals surface area (Å²) in [5, 5.41) is 12.3. The molecule has 0 aromatic carbocycles. The van der Waals surface area contributed by atoms with Crippen molar-refractivity contribution in [3.05, 3.63) is 12.2 Å². The third-order valence-corrected chi connectivity index (χ3v) is 2.30. The van der Waals surface area contributed by atoms with Gasteiger partial charge in [-0.25, -0.2) is 0 Å². The third kappa shape index (κ3) is 0.635. The Morgan fingerprint density at radius 3 is 2.89 bits per heavy atom. The van der Waals surface area contributed by atoms with Crippen molar-refractivity contribution in [2.75, 3.05) is 6.61 Å². The maximum Gasteiger partial charge on any atom is 0.0649 e. The van der Waals surface area contributed by atoms with Gasteiger partial charge >= 0.3 is 0 Å². The molecule has 0 aromatic heterocycles. The minimum atomic E-state index is -0.0231. The molecule has 9 heavy (non-hydrogen) atoms. The zero-order valence-corrected chi connectivity index (χ0v) is 5.30. The predicted molar refractivity (Wildman–Crippen MR) is 35.1 cm³/mol. The first kappa shape index (κ1) is 5.45. The zero-order valence-electron chi connectivity index (χ0n) is 5.30. The smallest absolute Gasteiger partial charge is 0.0649 e. The highest BCUT2D eigenvalue weighted by Crippen LogP contribution is 2.30. The number of rotatable bonds is 1. The Bertz CT molecular complexity index is 155.